The molecule has 1 saturated heterocycles. The number of aliphatic hydroxyl groups is 1. The van der Waals surface area contributed by atoms with Crippen LogP contribution in [0.2, 0.25) is 5.02 Å². The van der Waals surface area contributed by atoms with Crippen molar-refractivity contribution in [2.45, 2.75) is 52.2 Å². The second-order valence-electron chi connectivity index (χ2n) is 10.7. The first kappa shape index (κ1) is 25.0. The van der Waals surface area contributed by atoms with Crippen LogP contribution in [0.25, 0.3) is 33.2 Å². The van der Waals surface area contributed by atoms with Gasteiger partial charge in [0.15, 0.2) is 0 Å². The summed E-state index contributed by atoms with van der Waals surface area (Å²) >= 11 is 6.50. The van der Waals surface area contributed by atoms with E-state index in [0.29, 0.717) is 23.9 Å². The lowest BCUT2D eigenvalue weighted by Gasteiger charge is -2.32. The van der Waals surface area contributed by atoms with Crippen LogP contribution in [0.15, 0.2) is 35.1 Å². The molecule has 1 aliphatic heterocycles. The number of aromatic nitrogens is 6. The number of ether oxygens (including phenoxy) is 1. The number of fused-ring (bicyclic) bond motifs is 3. The van der Waals surface area contributed by atoms with E-state index >= 15 is 0 Å². The van der Waals surface area contributed by atoms with Crippen molar-refractivity contribution in [1.29, 1.82) is 0 Å². The molecule has 1 unspecified atom stereocenters. The van der Waals surface area contributed by atoms with Gasteiger partial charge in [-0.1, -0.05) is 16.8 Å². The van der Waals surface area contributed by atoms with Crippen molar-refractivity contribution in [3.63, 3.8) is 0 Å². The van der Waals surface area contributed by atoms with Crippen LogP contribution in [0, 0.1) is 19.8 Å². The van der Waals surface area contributed by atoms with Gasteiger partial charge in [0.2, 0.25) is 0 Å². The van der Waals surface area contributed by atoms with Crippen LogP contribution in [0.4, 0.5) is 0 Å². The van der Waals surface area contributed by atoms with Gasteiger partial charge < -0.3 is 18.9 Å². The third kappa shape index (κ3) is 4.00. The summed E-state index contributed by atoms with van der Waals surface area (Å²) < 4.78 is 15.3. The van der Waals surface area contributed by atoms with Gasteiger partial charge in [-0.05, 0) is 64.7 Å². The predicted octanol–water partition coefficient (Wildman–Crippen LogP) is 5.49. The van der Waals surface area contributed by atoms with E-state index in [1.165, 1.54) is 0 Å². The van der Waals surface area contributed by atoms with E-state index in [0.717, 1.165) is 63.2 Å². The fraction of sp³-hybridized carbons (Fsp3) is 0.429. The average molecular weight is 535 g/mol. The van der Waals surface area contributed by atoms with Crippen LogP contribution in [-0.4, -0.2) is 47.8 Å². The Kier molecular flexibility index (Phi) is 6.05. The van der Waals surface area contributed by atoms with Gasteiger partial charge in [0, 0.05) is 48.8 Å². The van der Waals surface area contributed by atoms with Crippen molar-refractivity contribution in [2.75, 3.05) is 13.2 Å². The first-order valence-corrected chi connectivity index (χ1v) is 13.2. The smallest absolute Gasteiger partial charge is 0.141 e. The van der Waals surface area contributed by atoms with E-state index in [-0.39, 0.29) is 12.0 Å². The highest BCUT2D eigenvalue weighted by atomic mass is 35.5. The monoisotopic (exact) mass is 534 g/mol. The summed E-state index contributed by atoms with van der Waals surface area (Å²) in [7, 11) is 1.90. The van der Waals surface area contributed by atoms with E-state index in [2.05, 4.69) is 15.8 Å². The molecule has 1 fully saturated rings. The summed E-state index contributed by atoms with van der Waals surface area (Å²) in [5, 5.41) is 20.8. The van der Waals surface area contributed by atoms with Crippen molar-refractivity contribution < 1.29 is 14.4 Å². The Hall–Kier alpha value is -3.27. The van der Waals surface area contributed by atoms with Crippen molar-refractivity contribution in [3.8, 4) is 11.1 Å². The van der Waals surface area contributed by atoms with Crippen LogP contribution in [-0.2, 0) is 17.4 Å². The van der Waals surface area contributed by atoms with Gasteiger partial charge in [0.05, 0.1) is 28.5 Å². The molecule has 1 aliphatic rings. The highest BCUT2D eigenvalue weighted by Crippen LogP contribution is 2.43. The molecule has 0 radical (unpaired) electrons. The molecular formula is C28H31ClN6O3. The predicted molar refractivity (Wildman–Crippen MR) is 145 cm³/mol. The molecule has 0 saturated carbocycles. The normalized spacial score (nSPS) is 16.1. The van der Waals surface area contributed by atoms with E-state index < -0.39 is 5.60 Å². The third-order valence-corrected chi connectivity index (χ3v) is 7.79. The number of rotatable bonds is 5. The Labute approximate surface area is 225 Å². The Morgan fingerprint density at radius 3 is 2.55 bits per heavy atom. The van der Waals surface area contributed by atoms with Crippen LogP contribution in [0.3, 0.4) is 0 Å². The van der Waals surface area contributed by atoms with Crippen molar-refractivity contribution in [1.82, 2.24) is 29.5 Å². The number of halogens is 1. The second-order valence-corrected chi connectivity index (χ2v) is 11.1. The van der Waals surface area contributed by atoms with Crippen LogP contribution < -0.4 is 0 Å². The van der Waals surface area contributed by atoms with Gasteiger partial charge in [-0.2, -0.15) is 5.10 Å². The summed E-state index contributed by atoms with van der Waals surface area (Å²) in [6.45, 7) is 8.73. The molecule has 0 aromatic carbocycles. The molecule has 5 aromatic heterocycles. The van der Waals surface area contributed by atoms with Gasteiger partial charge in [0.25, 0.3) is 0 Å². The SMILES string of the molecule is Cc1noc(C)c1-c1cnc2c3c(c(C(C)(C)O)nn3C)n(C(c3cc(Cl)ccn3)C3CCOCC3)c2c1. The van der Waals surface area contributed by atoms with Gasteiger partial charge >= 0.3 is 0 Å². The molecule has 9 nitrogen and oxygen atoms in total. The molecule has 0 aliphatic carbocycles. The zero-order chi connectivity index (χ0) is 26.8. The highest BCUT2D eigenvalue weighted by molar-refractivity contribution is 6.30. The maximum absolute atomic E-state index is 11.2. The number of hydrogen-bond acceptors (Lipinski definition) is 7. The van der Waals surface area contributed by atoms with Crippen LogP contribution in [0.1, 0.15) is 55.6 Å². The third-order valence-electron chi connectivity index (χ3n) is 7.55. The summed E-state index contributed by atoms with van der Waals surface area (Å²) in [4.78, 5) is 9.76. The van der Waals surface area contributed by atoms with Gasteiger partial charge in [-0.25, -0.2) is 0 Å². The molecule has 0 amide bonds. The van der Waals surface area contributed by atoms with Crippen molar-refractivity contribution >= 4 is 33.7 Å². The standard InChI is InChI=1S/C28H31ClN6O3/c1-15-22(16(2)38-33-15)18-12-21-23(31-14-18)25-26(27(28(3,4)36)32-34(25)5)35(21)24(17-7-10-37-11-8-17)20-13-19(29)6-9-30-20/h6,9,12-14,17,24,36H,7-8,10-11H2,1-5H3. The fourth-order valence-electron chi connectivity index (χ4n) is 5.88. The minimum atomic E-state index is -1.18. The average Bonchev–Trinajstić information content (AvgIpc) is 3.51. The minimum absolute atomic E-state index is 0.176. The lowest BCUT2D eigenvalue weighted by Crippen LogP contribution is -2.28. The molecule has 10 heteroatoms. The Bertz CT molecular complexity index is 1640. The Balaban J connectivity index is 1.74. The largest absolute Gasteiger partial charge is 0.384 e. The molecule has 0 bridgehead atoms. The molecule has 5 aromatic rings. The number of pyridine rings is 2. The quantitative estimate of drug-likeness (QED) is 0.318. The Morgan fingerprint density at radius 1 is 1.13 bits per heavy atom. The maximum atomic E-state index is 11.2. The molecule has 198 valence electrons. The first-order chi connectivity index (χ1) is 18.1. The van der Waals surface area contributed by atoms with Crippen molar-refractivity contribution in [3.05, 3.63) is 58.5 Å². The molecule has 38 heavy (non-hydrogen) atoms. The van der Waals surface area contributed by atoms with Crippen LogP contribution >= 0.6 is 11.6 Å². The van der Waals surface area contributed by atoms with E-state index in [1.807, 2.05) is 37.8 Å². The molecule has 6 rings (SSSR count). The maximum Gasteiger partial charge on any atom is 0.141 e. The number of hydrogen-bond donors (Lipinski definition) is 1. The summed E-state index contributed by atoms with van der Waals surface area (Å²) in [6.07, 6.45) is 5.35. The zero-order valence-corrected chi connectivity index (χ0v) is 23.0. The molecule has 1 N–H and O–H groups in total. The lowest BCUT2D eigenvalue weighted by atomic mass is 9.88. The topological polar surface area (TPSA) is 104 Å². The van der Waals surface area contributed by atoms with E-state index in [4.69, 9.17) is 35.9 Å². The van der Waals surface area contributed by atoms with Gasteiger partial charge in [-0.15, -0.1) is 0 Å². The molecule has 6 heterocycles. The summed E-state index contributed by atoms with van der Waals surface area (Å²) in [6, 6.07) is 5.69. The van der Waals surface area contributed by atoms with Gasteiger partial charge in [-0.3, -0.25) is 14.6 Å². The first-order valence-electron chi connectivity index (χ1n) is 12.9. The van der Waals surface area contributed by atoms with E-state index in [1.54, 1.807) is 26.1 Å². The minimum Gasteiger partial charge on any atom is -0.384 e. The molecular weight excluding hydrogens is 504 g/mol. The van der Waals surface area contributed by atoms with Crippen molar-refractivity contribution in [2.24, 2.45) is 13.0 Å². The van der Waals surface area contributed by atoms with E-state index in [9.17, 15) is 5.11 Å². The lowest BCUT2D eigenvalue weighted by molar-refractivity contribution is 0.0542. The fourth-order valence-corrected chi connectivity index (χ4v) is 6.05. The van der Waals surface area contributed by atoms with Gasteiger partial charge in [0.1, 0.15) is 28.1 Å². The highest BCUT2D eigenvalue weighted by Gasteiger charge is 2.36. The molecule has 0 spiro atoms. The number of aryl methyl sites for hydroxylation is 3. The summed E-state index contributed by atoms with van der Waals surface area (Å²) in [5.41, 5.74) is 6.36. The van der Waals surface area contributed by atoms with Crippen LogP contribution in [0.5, 0.6) is 0 Å². The molecule has 1 atom stereocenters. The zero-order valence-electron chi connectivity index (χ0n) is 22.2. The second kappa shape index (κ2) is 9.18. The number of nitrogens with zero attached hydrogens (tertiary/aromatic N) is 6. The summed E-state index contributed by atoms with van der Waals surface area (Å²) in [5.74, 6) is 0.966. The Morgan fingerprint density at radius 2 is 1.89 bits per heavy atom.